The zero-order valence-electron chi connectivity index (χ0n) is 17.4. The van der Waals surface area contributed by atoms with Crippen molar-refractivity contribution in [2.24, 2.45) is 10.9 Å². The lowest BCUT2D eigenvalue weighted by Gasteiger charge is -2.10. The highest BCUT2D eigenvalue weighted by molar-refractivity contribution is 7.07. The van der Waals surface area contributed by atoms with Crippen molar-refractivity contribution < 1.29 is 23.5 Å². The largest absolute Gasteiger partial charge is 0.443 e. The molecule has 2 amide bonds. The fraction of sp³-hybridized carbons (Fsp3) is 0.429. The Balaban J connectivity index is 1.67. The zero-order valence-corrected chi connectivity index (χ0v) is 18.2. The van der Waals surface area contributed by atoms with Crippen LogP contribution in [0.5, 0.6) is 0 Å². The second-order valence-electron chi connectivity index (χ2n) is 7.65. The van der Waals surface area contributed by atoms with Crippen LogP contribution in [0.25, 0.3) is 0 Å². The highest BCUT2D eigenvalue weighted by atomic mass is 32.1. The molecule has 31 heavy (non-hydrogen) atoms. The summed E-state index contributed by atoms with van der Waals surface area (Å²) < 4.78 is 21.2. The Morgan fingerprint density at radius 1 is 1.39 bits per heavy atom. The molecular formula is C21H25FN4O4S. The van der Waals surface area contributed by atoms with Crippen LogP contribution in [0.15, 0.2) is 34.8 Å². The van der Waals surface area contributed by atoms with E-state index in [4.69, 9.17) is 4.74 Å². The lowest BCUT2D eigenvalue weighted by atomic mass is 10.1. The van der Waals surface area contributed by atoms with Gasteiger partial charge in [-0.25, -0.2) is 4.39 Å². The normalized spacial score (nSPS) is 16.5. The molecule has 0 radical (unpaired) electrons. The molecule has 0 saturated carbocycles. The molecule has 10 heteroatoms. The molecule has 1 aromatic heterocycles. The van der Waals surface area contributed by atoms with Gasteiger partial charge in [-0.3, -0.25) is 19.0 Å². The molecule has 2 heterocycles. The maximum atomic E-state index is 14.3. The van der Waals surface area contributed by atoms with Crippen molar-refractivity contribution in [3.05, 3.63) is 46.0 Å². The van der Waals surface area contributed by atoms with Crippen LogP contribution in [0, 0.1) is 11.7 Å². The summed E-state index contributed by atoms with van der Waals surface area (Å²) in [6, 6.07) is 3.49. The molecule has 0 spiro atoms. The van der Waals surface area contributed by atoms with Crippen LogP contribution in [-0.4, -0.2) is 34.9 Å². The molecule has 1 fully saturated rings. The van der Waals surface area contributed by atoms with E-state index in [9.17, 15) is 18.8 Å². The molecule has 166 valence electrons. The first-order valence-electron chi connectivity index (χ1n) is 10.1. The van der Waals surface area contributed by atoms with Crippen molar-refractivity contribution in [2.75, 3.05) is 11.9 Å². The average molecular weight is 449 g/mol. The van der Waals surface area contributed by atoms with E-state index < -0.39 is 11.7 Å². The van der Waals surface area contributed by atoms with Crippen molar-refractivity contribution in [1.82, 2.24) is 9.88 Å². The number of halogens is 1. The Hall–Kier alpha value is -2.85. The number of carbonyl (C=O) groups excluding carboxylic acids is 3. The van der Waals surface area contributed by atoms with E-state index >= 15 is 0 Å². The van der Waals surface area contributed by atoms with E-state index in [-0.39, 0.29) is 48.2 Å². The summed E-state index contributed by atoms with van der Waals surface area (Å²) in [4.78, 5) is 40.7. The lowest BCUT2D eigenvalue weighted by Crippen LogP contribution is -2.33. The summed E-state index contributed by atoms with van der Waals surface area (Å²) in [5.41, 5.74) is 0.0623. The summed E-state index contributed by atoms with van der Waals surface area (Å²) in [7, 11) is 0. The molecule has 8 nitrogen and oxygen atoms in total. The molecule has 2 aromatic rings. The third-order valence-corrected chi connectivity index (χ3v) is 5.43. The third-order valence-electron chi connectivity index (χ3n) is 4.63. The Bertz CT molecular complexity index is 1020. The molecule has 3 rings (SSSR count). The van der Waals surface area contributed by atoms with Gasteiger partial charge in [-0.1, -0.05) is 13.8 Å². The second-order valence-corrected chi connectivity index (χ2v) is 8.53. The van der Waals surface area contributed by atoms with E-state index in [0.29, 0.717) is 4.80 Å². The van der Waals surface area contributed by atoms with Crippen LogP contribution in [0.2, 0.25) is 0 Å². The van der Waals surface area contributed by atoms with Crippen molar-refractivity contribution in [2.45, 2.75) is 45.9 Å². The fourth-order valence-electron chi connectivity index (χ4n) is 3.08. The summed E-state index contributed by atoms with van der Waals surface area (Å²) >= 11 is 1.20. The molecule has 2 N–H and O–H groups in total. The van der Waals surface area contributed by atoms with E-state index in [1.165, 1.54) is 28.0 Å². The zero-order chi connectivity index (χ0) is 22.4. The number of rotatable bonds is 7. The van der Waals surface area contributed by atoms with Crippen LogP contribution in [0.4, 0.5) is 10.1 Å². The standard InChI is InChI=1S/C21H25FN4O4S/c1-13(2)10-18(27)24-16-6-5-14(11-15(16)22)19(28)25-21-26(8-9-31-21)12-30-20(29)17-4-3-7-23-17/h5-6,8-9,11,13,17,23H,3-4,7,10,12H2,1-2H3,(H,24,27)/b25-21-. The fourth-order valence-corrected chi connectivity index (χ4v) is 3.79. The second kappa shape index (κ2) is 10.5. The van der Waals surface area contributed by atoms with Gasteiger partial charge in [0.2, 0.25) is 5.91 Å². The number of ether oxygens (including phenoxy) is 1. The Labute approximate surface area is 183 Å². The van der Waals surface area contributed by atoms with Crippen LogP contribution >= 0.6 is 11.3 Å². The summed E-state index contributed by atoms with van der Waals surface area (Å²) in [5, 5.41) is 7.28. The highest BCUT2D eigenvalue weighted by Gasteiger charge is 2.23. The van der Waals surface area contributed by atoms with Gasteiger partial charge in [0.15, 0.2) is 11.5 Å². The van der Waals surface area contributed by atoms with Gasteiger partial charge >= 0.3 is 5.97 Å². The number of hydrogen-bond acceptors (Lipinski definition) is 6. The summed E-state index contributed by atoms with van der Waals surface area (Å²) in [6.07, 6.45) is 3.59. The maximum absolute atomic E-state index is 14.3. The minimum atomic E-state index is -0.713. The number of carbonyl (C=O) groups is 3. The highest BCUT2D eigenvalue weighted by Crippen LogP contribution is 2.17. The number of nitrogens with one attached hydrogen (secondary N) is 2. The number of amides is 2. The average Bonchev–Trinajstić information content (AvgIpc) is 3.39. The first-order chi connectivity index (χ1) is 14.8. The summed E-state index contributed by atoms with van der Waals surface area (Å²) in [6.45, 7) is 4.50. The van der Waals surface area contributed by atoms with Crippen LogP contribution in [0.3, 0.4) is 0 Å². The van der Waals surface area contributed by atoms with Crippen molar-refractivity contribution in [3.63, 3.8) is 0 Å². The molecule has 1 aromatic carbocycles. The van der Waals surface area contributed by atoms with Crippen LogP contribution in [0.1, 0.15) is 43.5 Å². The number of hydrogen-bond donors (Lipinski definition) is 2. The lowest BCUT2D eigenvalue weighted by molar-refractivity contribution is -0.149. The number of thiazole rings is 1. The predicted octanol–water partition coefficient (Wildman–Crippen LogP) is 2.67. The minimum absolute atomic E-state index is 0.0147. The molecule has 1 aliphatic heterocycles. The predicted molar refractivity (Wildman–Crippen MR) is 114 cm³/mol. The third kappa shape index (κ3) is 6.31. The Kier molecular flexibility index (Phi) is 7.69. The van der Waals surface area contributed by atoms with E-state index in [0.717, 1.165) is 25.5 Å². The molecule has 0 aliphatic carbocycles. The molecule has 1 aliphatic rings. The number of nitrogens with zero attached hydrogens (tertiary/aromatic N) is 2. The topological polar surface area (TPSA) is 102 Å². The van der Waals surface area contributed by atoms with Gasteiger partial charge in [-0.15, -0.1) is 11.3 Å². The molecule has 0 bridgehead atoms. The van der Waals surface area contributed by atoms with Gasteiger partial charge < -0.3 is 15.4 Å². The smallest absolute Gasteiger partial charge is 0.324 e. The molecular weight excluding hydrogens is 423 g/mol. The molecule has 1 unspecified atom stereocenters. The maximum Gasteiger partial charge on any atom is 0.324 e. The van der Waals surface area contributed by atoms with Gasteiger partial charge in [-0.05, 0) is 43.5 Å². The van der Waals surface area contributed by atoms with E-state index in [1.54, 1.807) is 11.6 Å². The van der Waals surface area contributed by atoms with Crippen molar-refractivity contribution >= 4 is 34.8 Å². The Morgan fingerprint density at radius 2 is 2.19 bits per heavy atom. The monoisotopic (exact) mass is 448 g/mol. The quantitative estimate of drug-likeness (QED) is 0.634. The molecule has 1 atom stereocenters. The summed E-state index contributed by atoms with van der Waals surface area (Å²) in [5.74, 6) is -1.84. The van der Waals surface area contributed by atoms with E-state index in [2.05, 4.69) is 15.6 Å². The number of anilines is 1. The minimum Gasteiger partial charge on any atom is -0.443 e. The number of aromatic nitrogens is 1. The Morgan fingerprint density at radius 3 is 2.87 bits per heavy atom. The first-order valence-corrected chi connectivity index (χ1v) is 10.9. The molecule has 1 saturated heterocycles. The first kappa shape index (κ1) is 22.8. The van der Waals surface area contributed by atoms with Crippen LogP contribution in [-0.2, 0) is 21.1 Å². The number of esters is 1. The van der Waals surface area contributed by atoms with Gasteiger partial charge in [0.1, 0.15) is 11.9 Å². The van der Waals surface area contributed by atoms with Crippen molar-refractivity contribution in [3.8, 4) is 0 Å². The van der Waals surface area contributed by atoms with Gasteiger partial charge in [0, 0.05) is 23.6 Å². The van der Waals surface area contributed by atoms with Crippen LogP contribution < -0.4 is 15.4 Å². The van der Waals surface area contributed by atoms with Gasteiger partial charge in [0.25, 0.3) is 5.91 Å². The number of benzene rings is 1. The van der Waals surface area contributed by atoms with E-state index in [1.807, 2.05) is 13.8 Å². The van der Waals surface area contributed by atoms with Crippen molar-refractivity contribution in [1.29, 1.82) is 0 Å². The van der Waals surface area contributed by atoms with Gasteiger partial charge in [-0.2, -0.15) is 4.99 Å². The SMILES string of the molecule is CC(C)CC(=O)Nc1ccc(C(=O)/N=c2\sccn2COC(=O)C2CCCN2)cc1F. The van der Waals surface area contributed by atoms with Gasteiger partial charge in [0.05, 0.1) is 5.69 Å².